The third-order valence-corrected chi connectivity index (χ3v) is 2.73. The van der Waals surface area contributed by atoms with Gasteiger partial charge in [-0.25, -0.2) is 10.8 Å². The van der Waals surface area contributed by atoms with Gasteiger partial charge in [-0.1, -0.05) is 12.1 Å². The predicted molar refractivity (Wildman–Crippen MR) is 72.0 cm³/mol. The number of anilines is 3. The van der Waals surface area contributed by atoms with Crippen LogP contribution in [-0.2, 0) is 0 Å². The van der Waals surface area contributed by atoms with Gasteiger partial charge in [0, 0.05) is 11.9 Å². The molecule has 0 saturated heterocycles. The highest BCUT2D eigenvalue weighted by atomic mass is 79.9. The van der Waals surface area contributed by atoms with Crippen molar-refractivity contribution in [2.24, 2.45) is 5.84 Å². The quantitative estimate of drug-likeness (QED) is 0.599. The number of hydrazine groups is 1. The summed E-state index contributed by atoms with van der Waals surface area (Å²) in [7, 11) is 0. The first-order chi connectivity index (χ1) is 8.19. The van der Waals surface area contributed by atoms with Gasteiger partial charge in [0.05, 0.1) is 4.47 Å². The number of nitrogens with one attached hydrogen (secondary N) is 2. The Morgan fingerprint density at radius 2 is 2.18 bits per heavy atom. The number of rotatable bonds is 3. The highest BCUT2D eigenvalue weighted by Gasteiger charge is 2.04. The molecule has 0 aliphatic carbocycles. The van der Waals surface area contributed by atoms with E-state index in [2.05, 4.69) is 36.6 Å². The lowest BCUT2D eigenvalue weighted by Crippen LogP contribution is -2.11. The summed E-state index contributed by atoms with van der Waals surface area (Å²) in [5, 5.41) is 3.19. The average molecular weight is 294 g/mol. The van der Waals surface area contributed by atoms with E-state index in [1.54, 1.807) is 6.20 Å². The van der Waals surface area contributed by atoms with Crippen molar-refractivity contribution >= 4 is 33.4 Å². The molecule has 1 aromatic carbocycles. The Morgan fingerprint density at radius 1 is 1.35 bits per heavy atom. The average Bonchev–Trinajstić information content (AvgIpc) is 2.32. The Balaban J connectivity index is 2.29. The number of halogens is 1. The van der Waals surface area contributed by atoms with E-state index in [0.29, 0.717) is 11.8 Å². The molecule has 1 aromatic heterocycles. The van der Waals surface area contributed by atoms with Crippen LogP contribution in [0.5, 0.6) is 0 Å². The van der Waals surface area contributed by atoms with Crippen LogP contribution in [-0.4, -0.2) is 9.97 Å². The third-order valence-electron chi connectivity index (χ3n) is 2.15. The number of nitrogens with two attached hydrogens (primary N) is 1. The van der Waals surface area contributed by atoms with E-state index in [-0.39, 0.29) is 0 Å². The summed E-state index contributed by atoms with van der Waals surface area (Å²) in [6, 6.07) is 8.02. The minimum Gasteiger partial charge on any atom is -0.339 e. The van der Waals surface area contributed by atoms with Crippen LogP contribution in [0.3, 0.4) is 0 Å². The number of nitrogens with zero attached hydrogens (tertiary/aromatic N) is 2. The first-order valence-electron chi connectivity index (χ1n) is 5.02. The summed E-state index contributed by atoms with van der Waals surface area (Å²) < 4.78 is 0.776. The highest BCUT2D eigenvalue weighted by molar-refractivity contribution is 9.10. The Labute approximate surface area is 108 Å². The maximum Gasteiger partial charge on any atom is 0.239 e. The van der Waals surface area contributed by atoms with E-state index in [0.717, 1.165) is 10.2 Å². The second-order valence-corrected chi connectivity index (χ2v) is 4.38. The maximum absolute atomic E-state index is 5.27. The molecule has 0 bridgehead atoms. The molecule has 2 aromatic rings. The molecule has 4 N–H and O–H groups in total. The molecule has 0 radical (unpaired) electrons. The summed E-state index contributed by atoms with van der Waals surface area (Å²) in [4.78, 5) is 8.19. The zero-order valence-corrected chi connectivity index (χ0v) is 10.8. The van der Waals surface area contributed by atoms with Crippen LogP contribution in [0, 0.1) is 6.92 Å². The van der Waals surface area contributed by atoms with Crippen molar-refractivity contribution < 1.29 is 0 Å². The minimum atomic E-state index is 0.364. The van der Waals surface area contributed by atoms with Crippen molar-refractivity contribution in [3.63, 3.8) is 0 Å². The molecule has 0 saturated carbocycles. The second kappa shape index (κ2) is 5.11. The van der Waals surface area contributed by atoms with Crippen LogP contribution >= 0.6 is 15.9 Å². The van der Waals surface area contributed by atoms with E-state index >= 15 is 0 Å². The van der Waals surface area contributed by atoms with Crippen LogP contribution < -0.4 is 16.6 Å². The monoisotopic (exact) mass is 293 g/mol. The molecule has 88 valence electrons. The number of benzene rings is 1. The van der Waals surface area contributed by atoms with Crippen molar-refractivity contribution in [1.82, 2.24) is 9.97 Å². The molecule has 6 heteroatoms. The lowest BCUT2D eigenvalue weighted by molar-refractivity contribution is 1.11. The van der Waals surface area contributed by atoms with E-state index in [1.165, 1.54) is 5.56 Å². The molecule has 0 aliphatic heterocycles. The van der Waals surface area contributed by atoms with Crippen LogP contribution in [0.2, 0.25) is 0 Å². The van der Waals surface area contributed by atoms with Crippen molar-refractivity contribution in [2.75, 3.05) is 10.7 Å². The largest absolute Gasteiger partial charge is 0.339 e. The Bertz CT molecular complexity index is 529. The van der Waals surface area contributed by atoms with Crippen LogP contribution in [0.25, 0.3) is 0 Å². The molecule has 0 aliphatic rings. The van der Waals surface area contributed by atoms with Gasteiger partial charge in [-0.05, 0) is 40.5 Å². The lowest BCUT2D eigenvalue weighted by atomic mass is 10.2. The number of hydrogen-bond acceptors (Lipinski definition) is 5. The van der Waals surface area contributed by atoms with Gasteiger partial charge in [-0.2, -0.15) is 4.98 Å². The van der Waals surface area contributed by atoms with Crippen molar-refractivity contribution in [2.45, 2.75) is 6.92 Å². The smallest absolute Gasteiger partial charge is 0.239 e. The van der Waals surface area contributed by atoms with Crippen molar-refractivity contribution in [1.29, 1.82) is 0 Å². The molecule has 0 amide bonds. The molecule has 0 spiro atoms. The summed E-state index contributed by atoms with van der Waals surface area (Å²) in [5.74, 6) is 6.30. The van der Waals surface area contributed by atoms with Crippen LogP contribution in [0.15, 0.2) is 34.9 Å². The van der Waals surface area contributed by atoms with Gasteiger partial charge in [0.1, 0.15) is 5.82 Å². The van der Waals surface area contributed by atoms with E-state index in [4.69, 9.17) is 5.84 Å². The zero-order chi connectivity index (χ0) is 12.3. The SMILES string of the molecule is Cc1cccc(Nc2nc(NN)ncc2Br)c1. The number of aryl methyl sites for hydroxylation is 1. The fourth-order valence-corrected chi connectivity index (χ4v) is 1.67. The van der Waals surface area contributed by atoms with Gasteiger partial charge < -0.3 is 5.32 Å². The van der Waals surface area contributed by atoms with Gasteiger partial charge in [0.25, 0.3) is 0 Å². The molecular formula is C11H12BrN5. The van der Waals surface area contributed by atoms with E-state index < -0.39 is 0 Å². The topological polar surface area (TPSA) is 75.9 Å². The molecule has 17 heavy (non-hydrogen) atoms. The normalized spacial score (nSPS) is 10.1. The summed E-state index contributed by atoms with van der Waals surface area (Å²) in [5.41, 5.74) is 4.55. The zero-order valence-electron chi connectivity index (χ0n) is 9.24. The fourth-order valence-electron chi connectivity index (χ4n) is 1.38. The molecule has 0 fully saturated rings. The third kappa shape index (κ3) is 2.92. The van der Waals surface area contributed by atoms with Gasteiger partial charge in [-0.15, -0.1) is 0 Å². The number of hydrogen-bond donors (Lipinski definition) is 3. The van der Waals surface area contributed by atoms with Crippen molar-refractivity contribution in [3.8, 4) is 0 Å². The standard InChI is InChI=1S/C11H12BrN5/c1-7-3-2-4-8(5-7)15-10-9(12)6-14-11(16-10)17-13/h2-6H,13H2,1H3,(H2,14,15,16,17). The molecule has 1 heterocycles. The van der Waals surface area contributed by atoms with Gasteiger partial charge in [-0.3, -0.25) is 5.43 Å². The van der Waals surface area contributed by atoms with Crippen LogP contribution in [0.1, 0.15) is 5.56 Å². The number of nitrogen functional groups attached to an aromatic ring is 1. The fraction of sp³-hybridized carbons (Fsp3) is 0.0909. The Hall–Kier alpha value is -1.66. The van der Waals surface area contributed by atoms with Gasteiger partial charge >= 0.3 is 0 Å². The second-order valence-electron chi connectivity index (χ2n) is 3.53. The first-order valence-corrected chi connectivity index (χ1v) is 5.81. The number of aromatic nitrogens is 2. The van der Waals surface area contributed by atoms with Gasteiger partial charge in [0.2, 0.25) is 5.95 Å². The lowest BCUT2D eigenvalue weighted by Gasteiger charge is -2.09. The summed E-state index contributed by atoms with van der Waals surface area (Å²) in [6.07, 6.45) is 1.64. The Kier molecular flexibility index (Phi) is 3.55. The first kappa shape index (κ1) is 11.8. The molecule has 2 rings (SSSR count). The molecule has 0 unspecified atom stereocenters. The summed E-state index contributed by atoms with van der Waals surface area (Å²) in [6.45, 7) is 2.03. The van der Waals surface area contributed by atoms with E-state index in [1.807, 2.05) is 31.2 Å². The molecule has 0 atom stereocenters. The Morgan fingerprint density at radius 3 is 2.88 bits per heavy atom. The molecule has 5 nitrogen and oxygen atoms in total. The maximum atomic E-state index is 5.27. The molecular weight excluding hydrogens is 282 g/mol. The van der Waals surface area contributed by atoms with Gasteiger partial charge in [0.15, 0.2) is 0 Å². The van der Waals surface area contributed by atoms with E-state index in [9.17, 15) is 0 Å². The summed E-state index contributed by atoms with van der Waals surface area (Å²) >= 11 is 3.38. The minimum absolute atomic E-state index is 0.364. The predicted octanol–water partition coefficient (Wildman–Crippen LogP) is 2.58. The van der Waals surface area contributed by atoms with Crippen LogP contribution in [0.4, 0.5) is 17.5 Å². The van der Waals surface area contributed by atoms with Crippen molar-refractivity contribution in [3.05, 3.63) is 40.5 Å². The highest BCUT2D eigenvalue weighted by Crippen LogP contribution is 2.24.